The number of furan rings is 1. The smallest absolute Gasteiger partial charge is 0.137 e. The van der Waals surface area contributed by atoms with Crippen molar-refractivity contribution >= 4 is 81.3 Å². The third-order valence-electron chi connectivity index (χ3n) is 11.3. The third-order valence-corrected chi connectivity index (χ3v) is 12.4. The second kappa shape index (κ2) is 10.9. The van der Waals surface area contributed by atoms with Gasteiger partial charge in [-0.15, -0.1) is 11.3 Å². The Morgan fingerprint density at radius 1 is 0.462 bits per heavy atom. The fourth-order valence-corrected chi connectivity index (χ4v) is 9.90. The molecule has 52 heavy (non-hydrogen) atoms. The van der Waals surface area contributed by atoms with Crippen molar-refractivity contribution in [2.75, 3.05) is 4.90 Å². The first-order chi connectivity index (χ1) is 25.5. The van der Waals surface area contributed by atoms with Gasteiger partial charge in [-0.25, -0.2) is 0 Å². The molecule has 0 radical (unpaired) electrons. The van der Waals surface area contributed by atoms with E-state index in [4.69, 9.17) is 4.42 Å². The van der Waals surface area contributed by atoms with Crippen molar-refractivity contribution in [3.05, 3.63) is 175 Å². The molecular formula is C49H33NOS. The fraction of sp³-hybridized carbons (Fsp3) is 0.0612. The van der Waals surface area contributed by atoms with Gasteiger partial charge >= 0.3 is 0 Å². The molecule has 10 aromatic rings. The standard InChI is InChI=1S/C49H33NOS/c1-49(2)40-19-10-8-16-34(40)35-25-23-32(28-41(35)49)50(31-24-26-46-39(27-31)36-17-9-11-22-45(36)52-46)42-20-12-21-43-48(42)47-37-18-7-6-15-33(37)38(29-44(47)51-43)30-13-4-3-5-14-30/h3-29H,1-2H3. The van der Waals surface area contributed by atoms with E-state index in [-0.39, 0.29) is 5.41 Å². The first-order valence-electron chi connectivity index (χ1n) is 17.9. The molecule has 0 N–H and O–H groups in total. The van der Waals surface area contributed by atoms with E-state index in [9.17, 15) is 0 Å². The van der Waals surface area contributed by atoms with E-state index in [2.05, 4.69) is 183 Å². The van der Waals surface area contributed by atoms with Gasteiger partial charge < -0.3 is 9.32 Å². The number of benzene rings is 8. The Balaban J connectivity index is 1.22. The van der Waals surface area contributed by atoms with Crippen LogP contribution in [0.5, 0.6) is 0 Å². The number of nitrogens with zero attached hydrogens (tertiary/aromatic N) is 1. The lowest BCUT2D eigenvalue weighted by Gasteiger charge is -2.29. The topological polar surface area (TPSA) is 16.4 Å². The zero-order valence-corrected chi connectivity index (χ0v) is 29.7. The van der Waals surface area contributed by atoms with Crippen molar-refractivity contribution in [1.82, 2.24) is 0 Å². The first kappa shape index (κ1) is 29.6. The second-order valence-electron chi connectivity index (χ2n) is 14.5. The van der Waals surface area contributed by atoms with Crippen LogP contribution in [0.3, 0.4) is 0 Å². The van der Waals surface area contributed by atoms with Crippen molar-refractivity contribution in [2.45, 2.75) is 19.3 Å². The minimum absolute atomic E-state index is 0.125. The van der Waals surface area contributed by atoms with Gasteiger partial charge in [-0.2, -0.15) is 0 Å². The summed E-state index contributed by atoms with van der Waals surface area (Å²) in [6.45, 7) is 4.71. The highest BCUT2D eigenvalue weighted by Crippen LogP contribution is 2.52. The minimum atomic E-state index is -0.125. The predicted octanol–water partition coefficient (Wildman–Crippen LogP) is 14.6. The molecule has 2 aromatic heterocycles. The molecule has 2 heterocycles. The molecule has 0 unspecified atom stereocenters. The Labute approximate surface area is 305 Å². The van der Waals surface area contributed by atoms with Gasteiger partial charge in [0.2, 0.25) is 0 Å². The van der Waals surface area contributed by atoms with E-state index in [0.717, 1.165) is 39.0 Å². The van der Waals surface area contributed by atoms with Crippen LogP contribution in [-0.4, -0.2) is 0 Å². The van der Waals surface area contributed by atoms with E-state index in [1.807, 2.05) is 11.3 Å². The van der Waals surface area contributed by atoms with Crippen LogP contribution in [-0.2, 0) is 5.41 Å². The van der Waals surface area contributed by atoms with Gasteiger partial charge in [-0.3, -0.25) is 0 Å². The van der Waals surface area contributed by atoms with Gasteiger partial charge in [0.1, 0.15) is 11.2 Å². The summed E-state index contributed by atoms with van der Waals surface area (Å²) in [5.74, 6) is 0. The highest BCUT2D eigenvalue weighted by Gasteiger charge is 2.36. The number of anilines is 3. The summed E-state index contributed by atoms with van der Waals surface area (Å²) in [4.78, 5) is 2.46. The molecule has 0 saturated carbocycles. The minimum Gasteiger partial charge on any atom is -0.456 e. The van der Waals surface area contributed by atoms with E-state index in [1.54, 1.807) is 0 Å². The maximum atomic E-state index is 6.83. The van der Waals surface area contributed by atoms with Crippen LogP contribution in [0.25, 0.3) is 75.1 Å². The van der Waals surface area contributed by atoms with Crippen molar-refractivity contribution in [3.63, 3.8) is 0 Å². The number of fused-ring (bicyclic) bond motifs is 11. The Kier molecular flexibility index (Phi) is 6.21. The second-order valence-corrected chi connectivity index (χ2v) is 15.6. The highest BCUT2D eigenvalue weighted by atomic mass is 32.1. The lowest BCUT2D eigenvalue weighted by atomic mass is 9.82. The molecule has 1 aliphatic rings. The van der Waals surface area contributed by atoms with Crippen LogP contribution in [0.4, 0.5) is 17.1 Å². The van der Waals surface area contributed by atoms with Crippen molar-refractivity contribution in [2.24, 2.45) is 0 Å². The summed E-state index contributed by atoms with van der Waals surface area (Å²) in [7, 11) is 0. The van der Waals surface area contributed by atoms with Crippen LogP contribution >= 0.6 is 11.3 Å². The molecule has 0 saturated heterocycles. The summed E-state index contributed by atoms with van der Waals surface area (Å²) in [5.41, 5.74) is 12.7. The molecule has 11 rings (SSSR count). The molecule has 0 bridgehead atoms. The zero-order valence-electron chi connectivity index (χ0n) is 28.9. The SMILES string of the molecule is CC1(C)c2ccccc2-c2ccc(N(c3ccc4sc5ccccc5c4c3)c3cccc4oc5cc(-c6ccccc6)c6ccccc6c5c34)cc21. The molecule has 1 aliphatic carbocycles. The van der Waals surface area contributed by atoms with Gasteiger partial charge in [-0.1, -0.05) is 123 Å². The Morgan fingerprint density at radius 2 is 1.15 bits per heavy atom. The van der Waals surface area contributed by atoms with Crippen LogP contribution in [0.1, 0.15) is 25.0 Å². The van der Waals surface area contributed by atoms with Gasteiger partial charge in [0.05, 0.1) is 11.1 Å². The van der Waals surface area contributed by atoms with E-state index >= 15 is 0 Å². The summed E-state index contributed by atoms with van der Waals surface area (Å²) in [5, 5.41) is 7.23. The fourth-order valence-electron chi connectivity index (χ4n) is 8.82. The number of rotatable bonds is 4. The summed E-state index contributed by atoms with van der Waals surface area (Å²) >= 11 is 1.86. The third kappa shape index (κ3) is 4.17. The van der Waals surface area contributed by atoms with Crippen molar-refractivity contribution in [3.8, 4) is 22.3 Å². The average molecular weight is 684 g/mol. The molecule has 8 aromatic carbocycles. The molecule has 3 heteroatoms. The largest absolute Gasteiger partial charge is 0.456 e. The monoisotopic (exact) mass is 683 g/mol. The molecular weight excluding hydrogens is 651 g/mol. The normalized spacial score (nSPS) is 13.3. The predicted molar refractivity (Wildman–Crippen MR) is 222 cm³/mol. The van der Waals surface area contributed by atoms with E-state index < -0.39 is 0 Å². The summed E-state index contributed by atoms with van der Waals surface area (Å²) < 4.78 is 9.43. The number of thiophene rings is 1. The maximum Gasteiger partial charge on any atom is 0.137 e. The van der Waals surface area contributed by atoms with Crippen molar-refractivity contribution in [1.29, 1.82) is 0 Å². The quantitative estimate of drug-likeness (QED) is 0.184. The Bertz CT molecular complexity index is 3060. The van der Waals surface area contributed by atoms with E-state index in [1.165, 1.54) is 64.3 Å². The Hall–Kier alpha value is -6.16. The Morgan fingerprint density at radius 3 is 2.04 bits per heavy atom. The number of hydrogen-bond donors (Lipinski definition) is 0. The molecule has 0 atom stereocenters. The maximum absolute atomic E-state index is 6.83. The van der Waals surface area contributed by atoms with Crippen LogP contribution in [0.15, 0.2) is 168 Å². The van der Waals surface area contributed by atoms with Gasteiger partial charge in [-0.05, 0) is 98.8 Å². The number of hydrogen-bond acceptors (Lipinski definition) is 3. The molecule has 246 valence electrons. The zero-order chi connectivity index (χ0) is 34.6. The van der Waals surface area contributed by atoms with Crippen molar-refractivity contribution < 1.29 is 4.42 Å². The first-order valence-corrected chi connectivity index (χ1v) is 18.7. The highest BCUT2D eigenvalue weighted by molar-refractivity contribution is 7.25. The van der Waals surface area contributed by atoms with Gasteiger partial charge in [0.15, 0.2) is 0 Å². The summed E-state index contributed by atoms with van der Waals surface area (Å²) in [6, 6.07) is 59.8. The molecule has 0 aliphatic heterocycles. The summed E-state index contributed by atoms with van der Waals surface area (Å²) in [6.07, 6.45) is 0. The van der Waals surface area contributed by atoms with Crippen LogP contribution < -0.4 is 4.90 Å². The van der Waals surface area contributed by atoms with E-state index in [0.29, 0.717) is 0 Å². The van der Waals surface area contributed by atoms with Crippen LogP contribution in [0.2, 0.25) is 0 Å². The molecule has 2 nitrogen and oxygen atoms in total. The average Bonchev–Trinajstić information content (AvgIpc) is 3.83. The lowest BCUT2D eigenvalue weighted by molar-refractivity contribution is 0.660. The van der Waals surface area contributed by atoms with Gasteiger partial charge in [0, 0.05) is 42.3 Å². The molecule has 0 spiro atoms. The lowest BCUT2D eigenvalue weighted by Crippen LogP contribution is -2.16. The molecule has 0 fully saturated rings. The van der Waals surface area contributed by atoms with Gasteiger partial charge in [0.25, 0.3) is 0 Å². The van der Waals surface area contributed by atoms with Crippen LogP contribution in [0, 0.1) is 0 Å². The molecule has 0 amide bonds.